The number of anilines is 1. The van der Waals surface area contributed by atoms with E-state index in [-0.39, 0.29) is 23.7 Å². The number of nitrogens with one attached hydrogen (secondary N) is 1. The van der Waals surface area contributed by atoms with E-state index in [1.807, 2.05) is 0 Å². The van der Waals surface area contributed by atoms with E-state index in [0.29, 0.717) is 0 Å². The Morgan fingerprint density at radius 1 is 1.34 bits per heavy atom. The van der Waals surface area contributed by atoms with Crippen LogP contribution in [0.3, 0.4) is 0 Å². The van der Waals surface area contributed by atoms with E-state index in [9.17, 15) is 33.9 Å². The third-order valence-corrected chi connectivity index (χ3v) is 7.59. The van der Waals surface area contributed by atoms with Gasteiger partial charge in [-0.3, -0.25) is 32.4 Å². The van der Waals surface area contributed by atoms with Crippen LogP contribution in [0, 0.1) is 0 Å². The lowest BCUT2D eigenvalue weighted by Crippen LogP contribution is -2.35. The molecule has 35 heavy (non-hydrogen) atoms. The smallest absolute Gasteiger partial charge is 0.394 e. The average Bonchev–Trinajstić information content (AvgIpc) is 3.49. The number of nitrogen functional groups attached to an aromatic ring is 1. The fraction of sp³-hybridized carbons (Fsp3) is 0.667. The zero-order chi connectivity index (χ0) is 25.1. The molecule has 7 N–H and O–H groups in total. The first kappa shape index (κ1) is 24.9. The Morgan fingerprint density at radius 3 is 2.83 bits per heavy atom. The normalized spacial score (nSPS) is 38.7. The highest BCUT2D eigenvalue weighted by molar-refractivity contribution is 7.47. The minimum Gasteiger partial charge on any atom is -0.394 e. The maximum atomic E-state index is 12.5. The number of phosphoric acid groups is 2. The van der Waals surface area contributed by atoms with E-state index in [0.717, 1.165) is 0 Å². The van der Waals surface area contributed by atoms with Crippen molar-refractivity contribution in [3.05, 3.63) is 16.7 Å². The Morgan fingerprint density at radius 2 is 2.09 bits per heavy atom. The third-order valence-electron chi connectivity index (χ3n) is 5.58. The van der Waals surface area contributed by atoms with Crippen molar-refractivity contribution in [3.63, 3.8) is 0 Å². The molecule has 20 heteroatoms. The number of fused-ring (bicyclic) bond motifs is 2. The Kier molecular flexibility index (Phi) is 6.36. The molecule has 2 aromatic rings. The molecule has 0 aromatic carbocycles. The molecule has 3 aliphatic rings. The molecule has 3 saturated heterocycles. The van der Waals surface area contributed by atoms with Gasteiger partial charge in [0, 0.05) is 0 Å². The Balaban J connectivity index is 1.36. The number of nitrogens with two attached hydrogens (primary N) is 1. The Labute approximate surface area is 194 Å². The lowest BCUT2D eigenvalue weighted by Gasteiger charge is -2.23. The van der Waals surface area contributed by atoms with Gasteiger partial charge in [-0.1, -0.05) is 0 Å². The first-order valence-electron chi connectivity index (χ1n) is 10.1. The van der Waals surface area contributed by atoms with Crippen molar-refractivity contribution in [2.75, 3.05) is 25.6 Å². The van der Waals surface area contributed by atoms with Gasteiger partial charge < -0.3 is 35.2 Å². The summed E-state index contributed by atoms with van der Waals surface area (Å²) in [6, 6.07) is 0. The van der Waals surface area contributed by atoms with Gasteiger partial charge in [-0.15, -0.1) is 0 Å². The van der Waals surface area contributed by atoms with Gasteiger partial charge in [-0.05, 0) is 0 Å². The summed E-state index contributed by atoms with van der Waals surface area (Å²) in [5, 5.41) is 19.1. The molecule has 9 atom stereocenters. The van der Waals surface area contributed by atoms with Gasteiger partial charge in [0.2, 0.25) is 5.95 Å². The van der Waals surface area contributed by atoms with Crippen molar-refractivity contribution in [3.8, 4) is 0 Å². The van der Waals surface area contributed by atoms with Crippen LogP contribution in [0.5, 0.6) is 0 Å². The zero-order valence-corrected chi connectivity index (χ0v) is 19.3. The summed E-state index contributed by atoms with van der Waals surface area (Å²) in [6.45, 7) is -1.47. The summed E-state index contributed by atoms with van der Waals surface area (Å²) in [4.78, 5) is 42.3. The molecule has 0 radical (unpaired) electrons. The molecule has 3 aliphatic heterocycles. The molecule has 0 aliphatic carbocycles. The molecule has 0 saturated carbocycles. The zero-order valence-electron chi connectivity index (χ0n) is 17.5. The SMILES string of the molecule is Nc1nc2c(ncn2[C@@H]2O[C@H](COP(=O)(O)O[C@H]3[C@@H](O)CO[C@@H]3CO)[C@H]3OP(=O)(O)O[C@H]32)c(=O)[nH]1. The molecule has 5 rings (SSSR count). The number of aliphatic hydroxyl groups is 2. The van der Waals surface area contributed by atoms with Crippen LogP contribution >= 0.6 is 15.6 Å². The summed E-state index contributed by atoms with van der Waals surface area (Å²) in [7, 11) is -9.34. The maximum Gasteiger partial charge on any atom is 0.473 e. The number of rotatable bonds is 7. The molecule has 2 aromatic heterocycles. The van der Waals surface area contributed by atoms with Gasteiger partial charge in [0.25, 0.3) is 5.56 Å². The van der Waals surface area contributed by atoms with Crippen molar-refractivity contribution in [2.24, 2.45) is 0 Å². The second-order valence-corrected chi connectivity index (χ2v) is 10.7. The number of aromatic amines is 1. The van der Waals surface area contributed by atoms with E-state index in [1.165, 1.54) is 10.9 Å². The fourth-order valence-electron chi connectivity index (χ4n) is 4.07. The van der Waals surface area contributed by atoms with Crippen LogP contribution < -0.4 is 11.3 Å². The monoisotopic (exact) mass is 541 g/mol. The standard InChI is InChI=1S/C15H21N5O13P2/c16-15-18-12-8(13(23)19-15)17-4-20(12)14-11-10(32-35(26,27)33-11)7(30-14)3-29-34(24,25)31-9-5(22)2-28-6(9)1-21/h4-7,9-11,14,21-22H,1-3H2,(H,24,25)(H,26,27)(H3,16,18,19,23)/t5-,6+,7+,9-,10+,11+,14+/m0/s1. The summed E-state index contributed by atoms with van der Waals surface area (Å²) in [6.07, 6.45) is -7.38. The number of aliphatic hydroxyl groups excluding tert-OH is 2. The second-order valence-electron chi connectivity index (χ2n) is 7.90. The van der Waals surface area contributed by atoms with Crippen LogP contribution in [-0.2, 0) is 36.7 Å². The number of hydrogen-bond acceptors (Lipinski definition) is 14. The van der Waals surface area contributed by atoms with Gasteiger partial charge in [0.05, 0.1) is 26.1 Å². The van der Waals surface area contributed by atoms with Gasteiger partial charge in [0.15, 0.2) is 17.4 Å². The molecule has 0 bridgehead atoms. The molecule has 3 fully saturated rings. The number of hydrogen-bond donors (Lipinski definition) is 6. The van der Waals surface area contributed by atoms with Crippen molar-refractivity contribution < 1.29 is 56.7 Å². The number of ether oxygens (including phenoxy) is 2. The molecule has 18 nitrogen and oxygen atoms in total. The van der Waals surface area contributed by atoms with E-state index >= 15 is 0 Å². The first-order chi connectivity index (χ1) is 16.5. The maximum absolute atomic E-state index is 12.5. The second kappa shape index (κ2) is 8.95. The topological polar surface area (TPSA) is 260 Å². The highest BCUT2D eigenvalue weighted by Gasteiger charge is 2.58. The number of nitrogens with zero attached hydrogens (tertiary/aromatic N) is 3. The number of imidazole rings is 1. The van der Waals surface area contributed by atoms with Crippen molar-refractivity contribution in [1.82, 2.24) is 19.5 Å². The molecule has 0 amide bonds. The average molecular weight is 541 g/mol. The van der Waals surface area contributed by atoms with E-state index in [2.05, 4.69) is 15.0 Å². The molecule has 194 valence electrons. The van der Waals surface area contributed by atoms with Crippen LogP contribution in [0.2, 0.25) is 0 Å². The van der Waals surface area contributed by atoms with E-state index < -0.39 is 77.3 Å². The molecule has 0 spiro atoms. The van der Waals surface area contributed by atoms with Gasteiger partial charge >= 0.3 is 15.6 Å². The van der Waals surface area contributed by atoms with Crippen molar-refractivity contribution in [1.29, 1.82) is 0 Å². The molecular formula is C15H21N5O13P2. The van der Waals surface area contributed by atoms with E-state index in [4.69, 9.17) is 33.3 Å². The van der Waals surface area contributed by atoms with Gasteiger partial charge in [-0.2, -0.15) is 4.98 Å². The fourth-order valence-corrected chi connectivity index (χ4v) is 6.20. The van der Waals surface area contributed by atoms with Crippen LogP contribution in [0.4, 0.5) is 5.95 Å². The van der Waals surface area contributed by atoms with Gasteiger partial charge in [-0.25, -0.2) is 14.1 Å². The van der Waals surface area contributed by atoms with Crippen LogP contribution in [0.15, 0.2) is 11.1 Å². The minimum absolute atomic E-state index is 0.0127. The summed E-state index contributed by atoms with van der Waals surface area (Å²) in [5.41, 5.74) is 4.87. The van der Waals surface area contributed by atoms with Crippen LogP contribution in [0.1, 0.15) is 6.23 Å². The lowest BCUT2D eigenvalue weighted by atomic mass is 10.1. The number of H-pyrrole nitrogens is 1. The van der Waals surface area contributed by atoms with E-state index in [1.54, 1.807) is 0 Å². The molecule has 2 unspecified atom stereocenters. The van der Waals surface area contributed by atoms with Crippen molar-refractivity contribution in [2.45, 2.75) is 42.9 Å². The Bertz CT molecular complexity index is 1270. The van der Waals surface area contributed by atoms with Crippen molar-refractivity contribution >= 4 is 32.8 Å². The van der Waals surface area contributed by atoms with Crippen LogP contribution in [0.25, 0.3) is 11.2 Å². The highest BCUT2D eigenvalue weighted by Crippen LogP contribution is 2.59. The predicted octanol–water partition coefficient (Wildman–Crippen LogP) is -2.26. The predicted molar refractivity (Wildman–Crippen MR) is 110 cm³/mol. The van der Waals surface area contributed by atoms with Gasteiger partial charge in [0.1, 0.15) is 36.6 Å². The highest BCUT2D eigenvalue weighted by atomic mass is 31.2. The summed E-state index contributed by atoms with van der Waals surface area (Å²) < 4.78 is 56.8. The number of aromatic nitrogens is 4. The number of phosphoric ester groups is 2. The first-order valence-corrected chi connectivity index (χ1v) is 13.1. The third kappa shape index (κ3) is 4.69. The van der Waals surface area contributed by atoms with Crippen LogP contribution in [-0.4, -0.2) is 96.0 Å². The summed E-state index contributed by atoms with van der Waals surface area (Å²) >= 11 is 0. The Hall–Kier alpha value is -1.79. The quantitative estimate of drug-likeness (QED) is 0.202. The summed E-state index contributed by atoms with van der Waals surface area (Å²) in [5.74, 6) is -0.215. The molecule has 5 heterocycles. The molecular weight excluding hydrogens is 520 g/mol. The lowest BCUT2D eigenvalue weighted by molar-refractivity contribution is -0.0636. The largest absolute Gasteiger partial charge is 0.473 e. The minimum atomic E-state index is -4.84.